The van der Waals surface area contributed by atoms with Gasteiger partial charge in [-0.2, -0.15) is 0 Å². The molecule has 1 rings (SSSR count). The maximum atomic E-state index is 11.5. The minimum absolute atomic E-state index is 0.0681. The van der Waals surface area contributed by atoms with Gasteiger partial charge in [-0.3, -0.25) is 4.79 Å². The number of aromatic nitrogens is 2. The molecule has 82 valence electrons. The molecule has 0 aliphatic rings. The van der Waals surface area contributed by atoms with Gasteiger partial charge in [-0.25, -0.2) is 4.98 Å². The lowest BCUT2D eigenvalue weighted by Crippen LogP contribution is -2.27. The van der Waals surface area contributed by atoms with Gasteiger partial charge in [-0.15, -0.1) is 0 Å². The minimum Gasteiger partial charge on any atom is -0.386 e. The molecule has 0 saturated carbocycles. The second kappa shape index (κ2) is 4.04. The average molecular weight is 209 g/mol. The van der Waals surface area contributed by atoms with E-state index in [4.69, 9.17) is 11.5 Å². The zero-order valence-electron chi connectivity index (χ0n) is 8.82. The molecule has 1 heterocycles. The zero-order valence-corrected chi connectivity index (χ0v) is 8.82. The summed E-state index contributed by atoms with van der Waals surface area (Å²) in [6.45, 7) is 7.25. The van der Waals surface area contributed by atoms with Crippen LogP contribution in [-0.4, -0.2) is 15.5 Å². The predicted molar refractivity (Wildman–Crippen MR) is 57.8 cm³/mol. The van der Waals surface area contributed by atoms with Gasteiger partial charge in [0.25, 0.3) is 5.91 Å². The summed E-state index contributed by atoms with van der Waals surface area (Å²) < 4.78 is 1.70. The molecule has 1 aromatic heterocycles. The number of hydrogen-bond acceptors (Lipinski definition) is 4. The van der Waals surface area contributed by atoms with Crippen LogP contribution in [0.15, 0.2) is 18.7 Å². The molecule has 0 aliphatic carbocycles. The monoisotopic (exact) mass is 209 g/mol. The Morgan fingerprint density at radius 1 is 1.67 bits per heavy atom. The van der Waals surface area contributed by atoms with Crippen LogP contribution in [-0.2, 0) is 0 Å². The van der Waals surface area contributed by atoms with E-state index in [1.165, 1.54) is 6.33 Å². The summed E-state index contributed by atoms with van der Waals surface area (Å²) in [5, 5.41) is 2.34. The fourth-order valence-corrected chi connectivity index (χ4v) is 1.16. The molecule has 0 spiro atoms. The van der Waals surface area contributed by atoms with Crippen LogP contribution in [0.1, 0.15) is 30.4 Å². The van der Waals surface area contributed by atoms with Gasteiger partial charge in [0.15, 0.2) is 5.69 Å². The summed E-state index contributed by atoms with van der Waals surface area (Å²) in [5.41, 5.74) is 11.2. The third kappa shape index (κ3) is 2.28. The van der Waals surface area contributed by atoms with Crippen LogP contribution in [0.2, 0.25) is 0 Å². The van der Waals surface area contributed by atoms with Gasteiger partial charge in [0, 0.05) is 6.04 Å². The van der Waals surface area contributed by atoms with E-state index >= 15 is 0 Å². The SMILES string of the molecule is C=C(N)NC(=O)c1ncn(C(C)C)c1N. The van der Waals surface area contributed by atoms with Gasteiger partial charge in [0.1, 0.15) is 5.82 Å². The number of nitrogens with zero attached hydrogens (tertiary/aromatic N) is 2. The quantitative estimate of drug-likeness (QED) is 0.662. The number of anilines is 1. The number of nitrogens with one attached hydrogen (secondary N) is 1. The summed E-state index contributed by atoms with van der Waals surface area (Å²) in [4.78, 5) is 15.4. The van der Waals surface area contributed by atoms with Crippen LogP contribution in [0.5, 0.6) is 0 Å². The summed E-state index contributed by atoms with van der Waals surface area (Å²) >= 11 is 0. The van der Waals surface area contributed by atoms with Gasteiger partial charge in [-0.05, 0) is 13.8 Å². The van der Waals surface area contributed by atoms with E-state index in [0.29, 0.717) is 5.82 Å². The highest BCUT2D eigenvalue weighted by Crippen LogP contribution is 2.15. The first-order valence-corrected chi connectivity index (χ1v) is 4.51. The Morgan fingerprint density at radius 3 is 2.67 bits per heavy atom. The summed E-state index contributed by atoms with van der Waals surface area (Å²) in [6, 6.07) is 0.153. The topological polar surface area (TPSA) is 99.0 Å². The molecule has 0 aliphatic heterocycles. The van der Waals surface area contributed by atoms with Crippen molar-refractivity contribution in [2.24, 2.45) is 5.73 Å². The van der Waals surface area contributed by atoms with Crippen LogP contribution >= 0.6 is 0 Å². The van der Waals surface area contributed by atoms with Crippen molar-refractivity contribution in [3.05, 3.63) is 24.4 Å². The van der Waals surface area contributed by atoms with Crippen molar-refractivity contribution < 1.29 is 4.79 Å². The predicted octanol–water partition coefficient (Wildman–Crippen LogP) is 0.206. The fraction of sp³-hybridized carbons (Fsp3) is 0.333. The Hall–Kier alpha value is -1.98. The van der Waals surface area contributed by atoms with Crippen LogP contribution in [0, 0.1) is 0 Å². The molecule has 6 nitrogen and oxygen atoms in total. The first-order chi connectivity index (χ1) is 6.93. The molecular weight excluding hydrogens is 194 g/mol. The number of hydrogen-bond donors (Lipinski definition) is 3. The largest absolute Gasteiger partial charge is 0.386 e. The van der Waals surface area contributed by atoms with Crippen molar-refractivity contribution in [2.45, 2.75) is 19.9 Å². The third-order valence-electron chi connectivity index (χ3n) is 1.88. The zero-order chi connectivity index (χ0) is 11.6. The maximum Gasteiger partial charge on any atom is 0.279 e. The maximum absolute atomic E-state index is 11.5. The molecule has 15 heavy (non-hydrogen) atoms. The molecule has 0 bridgehead atoms. The normalized spacial score (nSPS) is 10.3. The number of amides is 1. The second-order valence-electron chi connectivity index (χ2n) is 3.46. The van der Waals surface area contributed by atoms with Gasteiger partial charge >= 0.3 is 0 Å². The number of rotatable bonds is 3. The highest BCUT2D eigenvalue weighted by Gasteiger charge is 2.16. The minimum atomic E-state index is -0.445. The molecule has 6 heteroatoms. The van der Waals surface area contributed by atoms with Crippen molar-refractivity contribution in [3.8, 4) is 0 Å². The molecule has 5 N–H and O–H groups in total. The van der Waals surface area contributed by atoms with E-state index < -0.39 is 5.91 Å². The lowest BCUT2D eigenvalue weighted by Gasteiger charge is -2.08. The molecule has 0 atom stereocenters. The van der Waals surface area contributed by atoms with Crippen LogP contribution in [0.3, 0.4) is 0 Å². The molecule has 1 aromatic rings. The standard InChI is InChI=1S/C9H15N5O/c1-5(2)14-4-12-7(8(14)11)9(15)13-6(3)10/h4-5H,3,10-11H2,1-2H3,(H,13,15). The van der Waals surface area contributed by atoms with Crippen LogP contribution in [0.4, 0.5) is 5.82 Å². The smallest absolute Gasteiger partial charge is 0.279 e. The summed E-state index contributed by atoms with van der Waals surface area (Å²) in [5.74, 6) is -0.0540. The Bertz CT molecular complexity index is 393. The third-order valence-corrected chi connectivity index (χ3v) is 1.88. The van der Waals surface area contributed by atoms with E-state index in [1.54, 1.807) is 4.57 Å². The molecular formula is C9H15N5O. The van der Waals surface area contributed by atoms with E-state index in [9.17, 15) is 4.79 Å². The van der Waals surface area contributed by atoms with Crippen molar-refractivity contribution >= 4 is 11.7 Å². The molecule has 0 aromatic carbocycles. The highest BCUT2D eigenvalue weighted by molar-refractivity contribution is 5.97. The first-order valence-electron chi connectivity index (χ1n) is 4.51. The number of carbonyl (C=O) groups excluding carboxylic acids is 1. The average Bonchev–Trinajstić information content (AvgIpc) is 2.45. The van der Waals surface area contributed by atoms with Gasteiger partial charge in [0.2, 0.25) is 0 Å². The highest BCUT2D eigenvalue weighted by atomic mass is 16.2. The Labute approximate surface area is 88.0 Å². The fourth-order valence-electron chi connectivity index (χ4n) is 1.16. The summed E-state index contributed by atoms with van der Waals surface area (Å²) in [6.07, 6.45) is 1.52. The number of imidazole rings is 1. The lowest BCUT2D eigenvalue weighted by molar-refractivity contribution is 0.0962. The van der Waals surface area contributed by atoms with Crippen molar-refractivity contribution in [2.75, 3.05) is 5.73 Å². The van der Waals surface area contributed by atoms with E-state index in [0.717, 1.165) is 0 Å². The van der Waals surface area contributed by atoms with Crippen molar-refractivity contribution in [3.63, 3.8) is 0 Å². The van der Waals surface area contributed by atoms with E-state index in [1.807, 2.05) is 13.8 Å². The second-order valence-corrected chi connectivity index (χ2v) is 3.46. The number of nitrogens with two attached hydrogens (primary N) is 2. The molecule has 0 fully saturated rings. The summed E-state index contributed by atoms with van der Waals surface area (Å²) in [7, 11) is 0. The van der Waals surface area contributed by atoms with Gasteiger partial charge in [0.05, 0.1) is 12.1 Å². The van der Waals surface area contributed by atoms with E-state index in [2.05, 4.69) is 16.9 Å². The molecule has 0 radical (unpaired) electrons. The van der Waals surface area contributed by atoms with Crippen molar-refractivity contribution in [1.29, 1.82) is 0 Å². The first kappa shape index (κ1) is 11.1. The molecule has 0 unspecified atom stereocenters. The van der Waals surface area contributed by atoms with Gasteiger partial charge in [-0.1, -0.05) is 6.58 Å². The molecule has 1 amide bonds. The van der Waals surface area contributed by atoms with Crippen LogP contribution in [0.25, 0.3) is 0 Å². The van der Waals surface area contributed by atoms with Gasteiger partial charge < -0.3 is 21.4 Å². The van der Waals surface area contributed by atoms with E-state index in [-0.39, 0.29) is 17.6 Å². The Balaban J connectivity index is 2.96. The Kier molecular flexibility index (Phi) is 2.99. The molecule has 0 saturated heterocycles. The number of carbonyl (C=O) groups is 1. The lowest BCUT2D eigenvalue weighted by atomic mass is 10.3. The Morgan fingerprint density at radius 2 is 2.27 bits per heavy atom. The van der Waals surface area contributed by atoms with Crippen LogP contribution < -0.4 is 16.8 Å². The van der Waals surface area contributed by atoms with Crippen molar-refractivity contribution in [1.82, 2.24) is 14.9 Å². The number of nitrogen functional groups attached to an aromatic ring is 1.